The number of hydrogen-bond donors (Lipinski definition) is 3. The lowest BCUT2D eigenvalue weighted by molar-refractivity contribution is -0.147. The summed E-state index contributed by atoms with van der Waals surface area (Å²) in [6, 6.07) is 5.30. The number of carboxylic acid groups (broad SMARTS) is 2. The molecule has 1 aromatic rings. The van der Waals surface area contributed by atoms with E-state index in [1.54, 1.807) is 26.0 Å². The van der Waals surface area contributed by atoms with E-state index in [9.17, 15) is 24.9 Å². The van der Waals surface area contributed by atoms with Gasteiger partial charge < -0.3 is 15.3 Å². The van der Waals surface area contributed by atoms with Crippen LogP contribution < -0.4 is 0 Å². The molecule has 5 heteroatoms. The van der Waals surface area contributed by atoms with Crippen LogP contribution in [0.15, 0.2) is 18.2 Å². The van der Waals surface area contributed by atoms with Crippen molar-refractivity contribution in [3.05, 3.63) is 29.3 Å². The van der Waals surface area contributed by atoms with Crippen LogP contribution in [0.25, 0.3) is 0 Å². The molecule has 5 nitrogen and oxygen atoms in total. The van der Waals surface area contributed by atoms with E-state index in [4.69, 9.17) is 0 Å². The highest BCUT2D eigenvalue weighted by atomic mass is 16.4. The second-order valence-electron chi connectivity index (χ2n) is 7.93. The first-order valence-corrected chi connectivity index (χ1v) is 8.94. The van der Waals surface area contributed by atoms with Gasteiger partial charge in [0.25, 0.3) is 0 Å². The summed E-state index contributed by atoms with van der Waals surface area (Å²) in [5.74, 6) is -1.28. The van der Waals surface area contributed by atoms with Gasteiger partial charge in [-0.1, -0.05) is 6.07 Å². The van der Waals surface area contributed by atoms with Crippen molar-refractivity contribution in [2.45, 2.75) is 65.2 Å². The molecule has 0 atom stereocenters. The minimum atomic E-state index is -0.799. The lowest BCUT2D eigenvalue weighted by atomic mass is 9.86. The fourth-order valence-corrected chi connectivity index (χ4v) is 3.26. The van der Waals surface area contributed by atoms with Gasteiger partial charge in [-0.3, -0.25) is 9.59 Å². The van der Waals surface area contributed by atoms with Crippen LogP contribution in [0.4, 0.5) is 0 Å². The highest BCUT2D eigenvalue weighted by Crippen LogP contribution is 2.50. The van der Waals surface area contributed by atoms with Gasteiger partial charge in [0.15, 0.2) is 0 Å². The van der Waals surface area contributed by atoms with Crippen LogP contribution in [-0.2, 0) is 22.4 Å². The van der Waals surface area contributed by atoms with E-state index in [0.29, 0.717) is 19.3 Å². The van der Waals surface area contributed by atoms with Gasteiger partial charge in [0.2, 0.25) is 0 Å². The second kappa shape index (κ2) is 7.46. The predicted octanol–water partition coefficient (Wildman–Crippen LogP) is 4.01. The van der Waals surface area contributed by atoms with Crippen LogP contribution in [0.2, 0.25) is 0 Å². The maximum atomic E-state index is 11.2. The van der Waals surface area contributed by atoms with Gasteiger partial charge in [-0.15, -0.1) is 0 Å². The average molecular weight is 348 g/mol. The van der Waals surface area contributed by atoms with Crippen LogP contribution in [0, 0.1) is 10.8 Å². The van der Waals surface area contributed by atoms with Gasteiger partial charge in [-0.25, -0.2) is 0 Å². The number of benzene rings is 1. The topological polar surface area (TPSA) is 94.8 Å². The minimum Gasteiger partial charge on any atom is -0.508 e. The number of phenols is 1. The highest BCUT2D eigenvalue weighted by Gasteiger charge is 2.49. The monoisotopic (exact) mass is 348 g/mol. The number of carbonyl (C=O) groups is 2. The van der Waals surface area contributed by atoms with Crippen LogP contribution in [0.1, 0.15) is 63.5 Å². The number of rotatable bonds is 10. The molecule has 1 aliphatic rings. The third-order valence-corrected chi connectivity index (χ3v) is 5.43. The summed E-state index contributed by atoms with van der Waals surface area (Å²) < 4.78 is 0. The molecule has 0 spiro atoms. The molecule has 3 N–H and O–H groups in total. The Kier molecular flexibility index (Phi) is 5.76. The molecule has 1 aliphatic carbocycles. The average Bonchev–Trinajstić information content (AvgIpc) is 3.30. The van der Waals surface area contributed by atoms with Crippen molar-refractivity contribution in [1.82, 2.24) is 0 Å². The zero-order valence-corrected chi connectivity index (χ0v) is 15.0. The SMILES string of the molecule is CC(C)(CCCc1cc(O)ccc1CCCC1(C(=O)O)CC1)C(=O)O. The van der Waals surface area contributed by atoms with Crippen LogP contribution in [0.5, 0.6) is 5.75 Å². The molecule has 0 radical (unpaired) electrons. The molecule has 1 aromatic carbocycles. The van der Waals surface area contributed by atoms with Crippen molar-refractivity contribution in [2.75, 3.05) is 0 Å². The summed E-state index contributed by atoms with van der Waals surface area (Å²) in [6.07, 6.45) is 5.84. The fourth-order valence-electron chi connectivity index (χ4n) is 3.26. The van der Waals surface area contributed by atoms with Gasteiger partial charge in [0.05, 0.1) is 10.8 Å². The number of aryl methyl sites for hydroxylation is 2. The fraction of sp³-hybridized carbons (Fsp3) is 0.600. The Balaban J connectivity index is 1.93. The smallest absolute Gasteiger partial charge is 0.309 e. The minimum absolute atomic E-state index is 0.209. The Morgan fingerprint density at radius 1 is 1.08 bits per heavy atom. The maximum Gasteiger partial charge on any atom is 0.309 e. The molecular formula is C20H28O5. The van der Waals surface area contributed by atoms with Crippen LogP contribution in [-0.4, -0.2) is 27.3 Å². The first-order chi connectivity index (χ1) is 11.7. The second-order valence-corrected chi connectivity index (χ2v) is 7.93. The molecule has 0 unspecified atom stereocenters. The largest absolute Gasteiger partial charge is 0.508 e. The third kappa shape index (κ3) is 4.97. The maximum absolute atomic E-state index is 11.2. The molecule has 138 valence electrons. The quantitative estimate of drug-likeness (QED) is 0.594. The van der Waals surface area contributed by atoms with E-state index in [-0.39, 0.29) is 5.75 Å². The van der Waals surface area contributed by atoms with E-state index >= 15 is 0 Å². The zero-order chi connectivity index (χ0) is 18.7. The molecular weight excluding hydrogens is 320 g/mol. The van der Waals surface area contributed by atoms with Gasteiger partial charge in [-0.2, -0.15) is 0 Å². The summed E-state index contributed by atoms with van der Waals surface area (Å²) in [4.78, 5) is 22.4. The lowest BCUT2D eigenvalue weighted by Crippen LogP contribution is -2.23. The van der Waals surface area contributed by atoms with Crippen molar-refractivity contribution >= 4 is 11.9 Å². The summed E-state index contributed by atoms with van der Waals surface area (Å²) >= 11 is 0. The lowest BCUT2D eigenvalue weighted by Gasteiger charge is -2.19. The number of carboxylic acids is 2. The summed E-state index contributed by atoms with van der Waals surface area (Å²) in [5, 5.41) is 28.2. The van der Waals surface area contributed by atoms with Gasteiger partial charge >= 0.3 is 11.9 Å². The summed E-state index contributed by atoms with van der Waals surface area (Å²) in [7, 11) is 0. The molecule has 0 bridgehead atoms. The zero-order valence-electron chi connectivity index (χ0n) is 15.0. The molecule has 0 saturated heterocycles. The van der Waals surface area contributed by atoms with Crippen molar-refractivity contribution < 1.29 is 24.9 Å². The molecule has 0 aromatic heterocycles. The summed E-state index contributed by atoms with van der Waals surface area (Å²) in [5.41, 5.74) is 0.896. The Morgan fingerprint density at radius 2 is 1.72 bits per heavy atom. The molecule has 0 aliphatic heterocycles. The molecule has 25 heavy (non-hydrogen) atoms. The predicted molar refractivity (Wildman–Crippen MR) is 94.7 cm³/mol. The third-order valence-electron chi connectivity index (χ3n) is 5.43. The Labute approximate surface area is 148 Å². The molecule has 1 saturated carbocycles. The van der Waals surface area contributed by atoms with E-state index < -0.39 is 22.8 Å². The Hall–Kier alpha value is -2.04. The first kappa shape index (κ1) is 19.3. The molecule has 1 fully saturated rings. The molecule has 0 heterocycles. The normalized spacial score (nSPS) is 15.8. The van der Waals surface area contributed by atoms with Crippen LogP contribution >= 0.6 is 0 Å². The van der Waals surface area contributed by atoms with Crippen molar-refractivity contribution in [1.29, 1.82) is 0 Å². The highest BCUT2D eigenvalue weighted by molar-refractivity contribution is 5.77. The number of aliphatic carboxylic acids is 2. The number of aromatic hydroxyl groups is 1. The molecule has 0 amide bonds. The van der Waals surface area contributed by atoms with E-state index in [1.165, 1.54) is 0 Å². The van der Waals surface area contributed by atoms with Gasteiger partial charge in [-0.05, 0) is 88.5 Å². The first-order valence-electron chi connectivity index (χ1n) is 8.94. The standard InChI is InChI=1S/C20H28O5/c1-19(2,17(22)23)9-3-6-15-13-16(21)8-7-14(15)5-4-10-20(11-12-20)18(24)25/h7-8,13,21H,3-6,9-12H2,1-2H3,(H,22,23)(H,24,25). The van der Waals surface area contributed by atoms with Crippen molar-refractivity contribution in [3.63, 3.8) is 0 Å². The summed E-state index contributed by atoms with van der Waals surface area (Å²) in [6.45, 7) is 3.44. The number of hydrogen-bond acceptors (Lipinski definition) is 3. The molecule has 2 rings (SSSR count). The van der Waals surface area contributed by atoms with Gasteiger partial charge in [0.1, 0.15) is 5.75 Å². The van der Waals surface area contributed by atoms with E-state index in [2.05, 4.69) is 0 Å². The van der Waals surface area contributed by atoms with E-state index in [1.807, 2.05) is 6.07 Å². The number of phenolic OH excluding ortho intramolecular Hbond substituents is 1. The van der Waals surface area contributed by atoms with Crippen LogP contribution in [0.3, 0.4) is 0 Å². The van der Waals surface area contributed by atoms with Gasteiger partial charge in [0, 0.05) is 0 Å². The van der Waals surface area contributed by atoms with Crippen molar-refractivity contribution in [2.24, 2.45) is 10.8 Å². The Bertz CT molecular complexity index is 643. The van der Waals surface area contributed by atoms with Crippen molar-refractivity contribution in [3.8, 4) is 5.75 Å². The van der Waals surface area contributed by atoms with E-state index in [0.717, 1.165) is 43.2 Å². The Morgan fingerprint density at radius 3 is 2.28 bits per heavy atom.